The summed E-state index contributed by atoms with van der Waals surface area (Å²) in [5.74, 6) is 0.150. The molecule has 1 aliphatic heterocycles. The normalized spacial score (nSPS) is 23.7. The van der Waals surface area contributed by atoms with E-state index in [0.717, 1.165) is 50.5 Å². The SMILES string of the molecule is CNC[C@H](CC1CCC(O)CC1)NC(=O)N1CCC[C@@H]([C@@H](OCCNC(=O)OC)c2cccc(F)c2)C1. The number of piperidine rings is 1. The van der Waals surface area contributed by atoms with Crippen LogP contribution in [0.25, 0.3) is 0 Å². The maximum Gasteiger partial charge on any atom is 0.406 e. The van der Waals surface area contributed by atoms with Crippen molar-refractivity contribution in [1.29, 1.82) is 0 Å². The third-order valence-electron chi connectivity index (χ3n) is 7.42. The van der Waals surface area contributed by atoms with E-state index in [2.05, 4.69) is 20.7 Å². The molecule has 2 aliphatic rings. The van der Waals surface area contributed by atoms with Crippen LogP contribution >= 0.6 is 0 Å². The molecule has 1 heterocycles. The second-order valence-corrected chi connectivity index (χ2v) is 10.2. The minimum atomic E-state index is -0.535. The van der Waals surface area contributed by atoms with Crippen molar-refractivity contribution in [3.8, 4) is 0 Å². The van der Waals surface area contributed by atoms with E-state index in [4.69, 9.17) is 4.74 Å². The zero-order valence-corrected chi connectivity index (χ0v) is 22.1. The molecule has 0 bridgehead atoms. The Kier molecular flexibility index (Phi) is 11.9. The van der Waals surface area contributed by atoms with Gasteiger partial charge in [-0.2, -0.15) is 0 Å². The van der Waals surface area contributed by atoms with Crippen LogP contribution in [0.4, 0.5) is 14.0 Å². The number of hydrogen-bond donors (Lipinski definition) is 4. The molecule has 0 radical (unpaired) electrons. The molecular weight excluding hydrogens is 479 g/mol. The maximum atomic E-state index is 14.0. The predicted octanol–water partition coefficient (Wildman–Crippen LogP) is 3.19. The highest BCUT2D eigenvalue weighted by atomic mass is 19.1. The van der Waals surface area contributed by atoms with Gasteiger partial charge in [0, 0.05) is 38.1 Å². The molecule has 3 rings (SSSR count). The molecule has 1 aromatic carbocycles. The summed E-state index contributed by atoms with van der Waals surface area (Å²) in [4.78, 5) is 26.5. The van der Waals surface area contributed by atoms with Crippen LogP contribution < -0.4 is 16.0 Å². The van der Waals surface area contributed by atoms with Gasteiger partial charge in [-0.25, -0.2) is 14.0 Å². The second kappa shape index (κ2) is 15.1. The molecule has 2 fully saturated rings. The molecule has 0 spiro atoms. The first kappa shape index (κ1) is 29.1. The zero-order chi connectivity index (χ0) is 26.6. The number of rotatable bonds is 11. The van der Waals surface area contributed by atoms with Crippen molar-refractivity contribution in [2.45, 2.75) is 63.2 Å². The van der Waals surface area contributed by atoms with E-state index in [9.17, 15) is 19.1 Å². The van der Waals surface area contributed by atoms with E-state index >= 15 is 0 Å². The molecule has 0 unspecified atom stereocenters. The lowest BCUT2D eigenvalue weighted by Gasteiger charge is -2.38. The van der Waals surface area contributed by atoms with E-state index in [1.807, 2.05) is 18.0 Å². The van der Waals surface area contributed by atoms with Crippen molar-refractivity contribution in [3.63, 3.8) is 0 Å². The summed E-state index contributed by atoms with van der Waals surface area (Å²) in [6.45, 7) is 2.34. The van der Waals surface area contributed by atoms with E-state index in [1.165, 1.54) is 19.2 Å². The van der Waals surface area contributed by atoms with E-state index in [1.54, 1.807) is 6.07 Å². The smallest absolute Gasteiger partial charge is 0.406 e. The zero-order valence-electron chi connectivity index (χ0n) is 22.1. The Labute approximate surface area is 219 Å². The molecule has 4 N–H and O–H groups in total. The van der Waals surface area contributed by atoms with Gasteiger partial charge in [0.1, 0.15) is 5.82 Å². The third kappa shape index (κ3) is 9.43. The summed E-state index contributed by atoms with van der Waals surface area (Å²) < 4.78 is 24.8. The number of aliphatic hydroxyl groups is 1. The predicted molar refractivity (Wildman–Crippen MR) is 139 cm³/mol. The van der Waals surface area contributed by atoms with Crippen molar-refractivity contribution in [2.75, 3.05) is 46.9 Å². The number of carbonyl (C=O) groups excluding carboxylic acids is 2. The summed E-state index contributed by atoms with van der Waals surface area (Å²) >= 11 is 0. The van der Waals surface area contributed by atoms with Crippen LogP contribution in [0.3, 0.4) is 0 Å². The minimum absolute atomic E-state index is 0.0118. The molecule has 37 heavy (non-hydrogen) atoms. The standard InChI is InChI=1S/C27H43FN4O5/c1-29-17-23(15-19-8-10-24(33)11-9-19)31-26(34)32-13-4-6-21(18-32)25(20-5-3-7-22(28)16-20)37-14-12-30-27(35)36-2/h3,5,7,16,19,21,23-25,29,33H,4,6,8-15,17-18H2,1-2H3,(H,30,35)(H,31,34)/t19?,21-,23+,24?,25+/m1/s1. The number of likely N-dealkylation sites (N-methyl/N-ethyl adjacent to an activating group) is 1. The first-order valence-corrected chi connectivity index (χ1v) is 13.5. The van der Waals surface area contributed by atoms with Gasteiger partial charge in [-0.3, -0.25) is 0 Å². The van der Waals surface area contributed by atoms with Crippen molar-refractivity contribution in [1.82, 2.24) is 20.9 Å². The molecular formula is C27H43FN4O5. The number of ether oxygens (including phenoxy) is 2. The number of hydrogen-bond acceptors (Lipinski definition) is 6. The number of urea groups is 1. The molecule has 3 amide bonds. The lowest BCUT2D eigenvalue weighted by molar-refractivity contribution is -0.00882. The molecule has 10 heteroatoms. The van der Waals surface area contributed by atoms with Crippen LogP contribution in [0.2, 0.25) is 0 Å². The first-order chi connectivity index (χ1) is 17.9. The number of carbonyl (C=O) groups is 2. The number of alkyl carbamates (subject to hydrolysis) is 1. The molecule has 208 valence electrons. The number of halogens is 1. The maximum absolute atomic E-state index is 14.0. The number of nitrogens with one attached hydrogen (secondary N) is 3. The molecule has 9 nitrogen and oxygen atoms in total. The topological polar surface area (TPSA) is 112 Å². The van der Waals surface area contributed by atoms with Crippen molar-refractivity contribution in [2.24, 2.45) is 11.8 Å². The third-order valence-corrected chi connectivity index (χ3v) is 7.42. The number of likely N-dealkylation sites (tertiary alicyclic amines) is 1. The number of benzene rings is 1. The highest BCUT2D eigenvalue weighted by Gasteiger charge is 2.32. The Morgan fingerprint density at radius 2 is 2.00 bits per heavy atom. The number of methoxy groups -OCH3 is 1. The Hall–Kier alpha value is -2.43. The summed E-state index contributed by atoms with van der Waals surface area (Å²) in [7, 11) is 3.19. The fourth-order valence-corrected chi connectivity index (χ4v) is 5.53. The van der Waals surface area contributed by atoms with Crippen LogP contribution in [0.5, 0.6) is 0 Å². The minimum Gasteiger partial charge on any atom is -0.453 e. The van der Waals surface area contributed by atoms with Gasteiger partial charge in [-0.15, -0.1) is 0 Å². The highest BCUT2D eigenvalue weighted by molar-refractivity contribution is 5.74. The average molecular weight is 523 g/mol. The van der Waals surface area contributed by atoms with Gasteiger partial charge >= 0.3 is 12.1 Å². The summed E-state index contributed by atoms with van der Waals surface area (Å²) in [6.07, 6.45) is 5.05. The number of aliphatic hydroxyl groups excluding tert-OH is 1. The molecule has 1 aliphatic carbocycles. The van der Waals surface area contributed by atoms with Gasteiger partial charge in [0.25, 0.3) is 0 Å². The van der Waals surface area contributed by atoms with Gasteiger partial charge < -0.3 is 35.4 Å². The summed E-state index contributed by atoms with van der Waals surface area (Å²) in [6, 6.07) is 6.29. The molecule has 3 atom stereocenters. The fourth-order valence-electron chi connectivity index (χ4n) is 5.53. The molecule has 1 aromatic rings. The molecule has 1 saturated heterocycles. The van der Waals surface area contributed by atoms with Crippen LogP contribution in [-0.4, -0.2) is 81.2 Å². The summed E-state index contributed by atoms with van der Waals surface area (Å²) in [5.41, 5.74) is 0.720. The fraction of sp³-hybridized carbons (Fsp3) is 0.704. The van der Waals surface area contributed by atoms with Crippen molar-refractivity contribution < 1.29 is 28.6 Å². The summed E-state index contributed by atoms with van der Waals surface area (Å²) in [5, 5.41) is 18.8. The van der Waals surface area contributed by atoms with Gasteiger partial charge in [0.2, 0.25) is 0 Å². The van der Waals surface area contributed by atoms with Gasteiger partial charge in [0.15, 0.2) is 0 Å². The Morgan fingerprint density at radius 3 is 2.70 bits per heavy atom. The van der Waals surface area contributed by atoms with Crippen LogP contribution in [0.15, 0.2) is 24.3 Å². The largest absolute Gasteiger partial charge is 0.453 e. The number of nitrogens with zero attached hydrogens (tertiary/aromatic N) is 1. The van der Waals surface area contributed by atoms with Crippen LogP contribution in [0, 0.1) is 17.7 Å². The van der Waals surface area contributed by atoms with E-state index in [0.29, 0.717) is 25.6 Å². The number of amides is 3. The first-order valence-electron chi connectivity index (χ1n) is 13.5. The Morgan fingerprint density at radius 1 is 1.22 bits per heavy atom. The van der Waals surface area contributed by atoms with Crippen LogP contribution in [-0.2, 0) is 9.47 Å². The highest BCUT2D eigenvalue weighted by Crippen LogP contribution is 2.33. The van der Waals surface area contributed by atoms with Gasteiger partial charge in [-0.05, 0) is 75.6 Å². The Balaban J connectivity index is 1.61. The van der Waals surface area contributed by atoms with E-state index in [-0.39, 0.29) is 43.1 Å². The molecule has 0 aromatic heterocycles. The van der Waals surface area contributed by atoms with Crippen molar-refractivity contribution in [3.05, 3.63) is 35.6 Å². The molecule has 1 saturated carbocycles. The van der Waals surface area contributed by atoms with Crippen LogP contribution in [0.1, 0.15) is 56.6 Å². The van der Waals surface area contributed by atoms with Gasteiger partial charge in [0.05, 0.1) is 25.9 Å². The van der Waals surface area contributed by atoms with E-state index < -0.39 is 12.2 Å². The monoisotopic (exact) mass is 522 g/mol. The lowest BCUT2D eigenvalue weighted by Crippen LogP contribution is -2.52. The lowest BCUT2D eigenvalue weighted by atomic mass is 9.83. The van der Waals surface area contributed by atoms with Gasteiger partial charge in [-0.1, -0.05) is 12.1 Å². The van der Waals surface area contributed by atoms with Crippen molar-refractivity contribution >= 4 is 12.1 Å². The Bertz CT molecular complexity index is 852. The second-order valence-electron chi connectivity index (χ2n) is 10.2. The average Bonchev–Trinajstić information content (AvgIpc) is 2.90. The quantitative estimate of drug-likeness (QED) is 0.332.